The summed E-state index contributed by atoms with van der Waals surface area (Å²) in [6.45, 7) is 3.81. The normalized spacial score (nSPS) is 13.8. The van der Waals surface area contributed by atoms with Crippen LogP contribution in [0.5, 0.6) is 11.5 Å². The summed E-state index contributed by atoms with van der Waals surface area (Å²) >= 11 is 5.70. The molecule has 0 aromatic heterocycles. The Labute approximate surface area is 125 Å². The maximum absolute atomic E-state index is 10.3. The molecular weight excluding hydrogens is 272 g/mol. The number of rotatable bonds is 5. The molecule has 20 heavy (non-hydrogen) atoms. The monoisotopic (exact) mass is 290 g/mol. The summed E-state index contributed by atoms with van der Waals surface area (Å²) in [4.78, 5) is 0. The van der Waals surface area contributed by atoms with Crippen LogP contribution in [0.2, 0.25) is 0 Å². The maximum Gasteiger partial charge on any atom is 0.127 e. The van der Waals surface area contributed by atoms with Gasteiger partial charge in [0.1, 0.15) is 11.5 Å². The summed E-state index contributed by atoms with van der Waals surface area (Å²) in [5.74, 6) is 1.98. The summed E-state index contributed by atoms with van der Waals surface area (Å²) in [6.07, 6.45) is 0.521. The predicted octanol–water partition coefficient (Wildman–Crippen LogP) is 4.62. The first-order valence-corrected chi connectivity index (χ1v) is 7.18. The first-order chi connectivity index (χ1) is 9.51. The zero-order valence-corrected chi connectivity index (χ0v) is 12.5. The summed E-state index contributed by atoms with van der Waals surface area (Å²) in [5.41, 5.74) is 1.14. The molecule has 0 saturated carbocycles. The first-order valence-electron chi connectivity index (χ1n) is 6.65. The number of hydrogen-bond acceptors (Lipinski definition) is 2. The van der Waals surface area contributed by atoms with Crippen molar-refractivity contribution in [1.29, 1.82) is 0 Å². The number of aliphatic hydroxyl groups is 1. The lowest BCUT2D eigenvalue weighted by molar-refractivity contribution is 0.0540. The fraction of sp³-hybridized carbons (Fsp3) is 0.294. The van der Waals surface area contributed by atoms with Gasteiger partial charge in [0.25, 0.3) is 0 Å². The lowest BCUT2D eigenvalue weighted by atomic mass is 9.93. The van der Waals surface area contributed by atoms with Gasteiger partial charge in [-0.1, -0.05) is 29.8 Å². The lowest BCUT2D eigenvalue weighted by Crippen LogP contribution is -2.21. The topological polar surface area (TPSA) is 29.5 Å². The number of aryl methyl sites for hydroxylation is 1. The van der Waals surface area contributed by atoms with Crippen LogP contribution < -0.4 is 4.74 Å². The quantitative estimate of drug-likeness (QED) is 0.814. The molecule has 1 N–H and O–H groups in total. The van der Waals surface area contributed by atoms with Crippen molar-refractivity contribution in [1.82, 2.24) is 0 Å². The maximum atomic E-state index is 10.3. The molecule has 1 atom stereocenters. The van der Waals surface area contributed by atoms with Crippen LogP contribution in [-0.2, 0) is 5.60 Å². The van der Waals surface area contributed by atoms with Crippen molar-refractivity contribution in [2.75, 3.05) is 5.88 Å². The second-order valence-electron chi connectivity index (χ2n) is 5.15. The zero-order chi connectivity index (χ0) is 14.6. The Hall–Kier alpha value is -1.51. The molecule has 1 unspecified atom stereocenters. The Morgan fingerprint density at radius 3 is 2.00 bits per heavy atom. The zero-order valence-electron chi connectivity index (χ0n) is 11.8. The molecule has 3 heteroatoms. The number of halogens is 1. The Bertz CT molecular complexity index is 544. The van der Waals surface area contributed by atoms with E-state index in [1.54, 1.807) is 6.92 Å². The van der Waals surface area contributed by atoms with Crippen molar-refractivity contribution in [2.45, 2.75) is 25.9 Å². The third-order valence-corrected chi connectivity index (χ3v) is 3.50. The highest BCUT2D eigenvalue weighted by Crippen LogP contribution is 2.28. The molecule has 0 saturated heterocycles. The van der Waals surface area contributed by atoms with Crippen LogP contribution >= 0.6 is 11.6 Å². The highest BCUT2D eigenvalue weighted by molar-refractivity contribution is 6.17. The molecule has 0 amide bonds. The number of hydrogen-bond donors (Lipinski definition) is 1. The summed E-state index contributed by atoms with van der Waals surface area (Å²) < 4.78 is 5.75. The van der Waals surface area contributed by atoms with Gasteiger partial charge in [0.15, 0.2) is 0 Å². The molecule has 0 bridgehead atoms. The molecule has 2 rings (SSSR count). The van der Waals surface area contributed by atoms with Gasteiger partial charge in [-0.05, 0) is 50.1 Å². The van der Waals surface area contributed by atoms with Gasteiger partial charge < -0.3 is 9.84 Å². The Morgan fingerprint density at radius 1 is 1.00 bits per heavy atom. The molecule has 0 spiro atoms. The molecule has 2 aromatic carbocycles. The van der Waals surface area contributed by atoms with E-state index in [0.717, 1.165) is 17.1 Å². The second kappa shape index (κ2) is 6.29. The number of ether oxygens (including phenoxy) is 1. The van der Waals surface area contributed by atoms with Gasteiger partial charge in [-0.25, -0.2) is 0 Å². The van der Waals surface area contributed by atoms with Crippen LogP contribution in [0.4, 0.5) is 0 Å². The van der Waals surface area contributed by atoms with E-state index in [9.17, 15) is 5.11 Å². The van der Waals surface area contributed by atoms with Gasteiger partial charge in [0.05, 0.1) is 5.60 Å². The molecule has 0 aliphatic rings. The average Bonchev–Trinajstić information content (AvgIpc) is 2.42. The van der Waals surface area contributed by atoms with Crippen molar-refractivity contribution >= 4 is 11.6 Å². The standard InChI is InChI=1S/C17H19ClO2/c1-13-3-7-15(8-4-13)20-16-9-5-14(6-10-16)17(2,19)11-12-18/h3-10,19H,11-12H2,1-2H3. The van der Waals surface area contributed by atoms with Crippen LogP contribution in [0.25, 0.3) is 0 Å². The summed E-state index contributed by atoms with van der Waals surface area (Å²) in [6, 6.07) is 15.4. The van der Waals surface area contributed by atoms with Crippen LogP contribution in [0.15, 0.2) is 48.5 Å². The molecule has 0 fully saturated rings. The van der Waals surface area contributed by atoms with Crippen molar-refractivity contribution in [3.05, 3.63) is 59.7 Å². The smallest absolute Gasteiger partial charge is 0.127 e. The Morgan fingerprint density at radius 2 is 1.50 bits per heavy atom. The number of alkyl halides is 1. The second-order valence-corrected chi connectivity index (χ2v) is 5.53. The van der Waals surface area contributed by atoms with E-state index in [-0.39, 0.29) is 0 Å². The van der Waals surface area contributed by atoms with E-state index in [4.69, 9.17) is 16.3 Å². The van der Waals surface area contributed by atoms with Gasteiger partial charge in [-0.2, -0.15) is 0 Å². The summed E-state index contributed by atoms with van der Waals surface area (Å²) in [7, 11) is 0. The minimum Gasteiger partial charge on any atom is -0.457 e. The minimum atomic E-state index is -0.899. The fourth-order valence-corrected chi connectivity index (χ4v) is 2.32. The molecule has 106 valence electrons. The summed E-state index contributed by atoms with van der Waals surface area (Å²) in [5, 5.41) is 10.3. The van der Waals surface area contributed by atoms with Crippen LogP contribution in [-0.4, -0.2) is 11.0 Å². The molecular formula is C17H19ClO2. The van der Waals surface area contributed by atoms with Gasteiger partial charge in [0.2, 0.25) is 0 Å². The highest BCUT2D eigenvalue weighted by atomic mass is 35.5. The van der Waals surface area contributed by atoms with Gasteiger partial charge in [0, 0.05) is 5.88 Å². The van der Waals surface area contributed by atoms with Crippen molar-refractivity contribution in [3.63, 3.8) is 0 Å². The minimum absolute atomic E-state index is 0.425. The van der Waals surface area contributed by atoms with E-state index in [0.29, 0.717) is 12.3 Å². The van der Waals surface area contributed by atoms with Crippen LogP contribution in [0, 0.1) is 6.92 Å². The predicted molar refractivity (Wildman–Crippen MR) is 82.6 cm³/mol. The van der Waals surface area contributed by atoms with Crippen LogP contribution in [0.3, 0.4) is 0 Å². The average molecular weight is 291 g/mol. The molecule has 0 aliphatic heterocycles. The Balaban J connectivity index is 2.10. The lowest BCUT2D eigenvalue weighted by Gasteiger charge is -2.22. The first kappa shape index (κ1) is 14.9. The van der Waals surface area contributed by atoms with Gasteiger partial charge in [-0.15, -0.1) is 11.6 Å². The third-order valence-electron chi connectivity index (χ3n) is 3.31. The van der Waals surface area contributed by atoms with E-state index in [1.165, 1.54) is 5.56 Å². The highest BCUT2D eigenvalue weighted by Gasteiger charge is 2.21. The van der Waals surface area contributed by atoms with E-state index in [2.05, 4.69) is 0 Å². The molecule has 2 aromatic rings. The number of benzene rings is 2. The molecule has 0 radical (unpaired) electrons. The van der Waals surface area contributed by atoms with Crippen molar-refractivity contribution < 1.29 is 9.84 Å². The molecule has 0 heterocycles. The fourth-order valence-electron chi connectivity index (χ4n) is 1.95. The van der Waals surface area contributed by atoms with E-state index >= 15 is 0 Å². The van der Waals surface area contributed by atoms with E-state index in [1.807, 2.05) is 55.5 Å². The van der Waals surface area contributed by atoms with Gasteiger partial charge in [-0.3, -0.25) is 0 Å². The van der Waals surface area contributed by atoms with Gasteiger partial charge >= 0.3 is 0 Å². The van der Waals surface area contributed by atoms with Crippen molar-refractivity contribution in [3.8, 4) is 11.5 Å². The Kier molecular flexibility index (Phi) is 4.69. The van der Waals surface area contributed by atoms with E-state index < -0.39 is 5.60 Å². The van der Waals surface area contributed by atoms with Crippen molar-refractivity contribution in [2.24, 2.45) is 0 Å². The third kappa shape index (κ3) is 3.75. The molecule has 2 nitrogen and oxygen atoms in total. The van der Waals surface area contributed by atoms with Crippen LogP contribution in [0.1, 0.15) is 24.5 Å². The largest absolute Gasteiger partial charge is 0.457 e. The molecule has 0 aliphatic carbocycles. The SMILES string of the molecule is Cc1ccc(Oc2ccc(C(C)(O)CCCl)cc2)cc1.